The van der Waals surface area contributed by atoms with Gasteiger partial charge in [-0.25, -0.2) is 0 Å². The van der Waals surface area contributed by atoms with Gasteiger partial charge in [0.1, 0.15) is 5.82 Å². The van der Waals surface area contributed by atoms with Gasteiger partial charge in [-0.2, -0.15) is 13.2 Å². The second kappa shape index (κ2) is 6.11. The molecule has 0 aliphatic rings. The number of aryl methyl sites for hydroxylation is 1. The fraction of sp³-hybridized carbons (Fsp3) is 0.333. The third kappa shape index (κ3) is 3.71. The van der Waals surface area contributed by atoms with Crippen LogP contribution >= 0.6 is 0 Å². The first-order valence-corrected chi connectivity index (χ1v) is 6.67. The molecule has 0 spiro atoms. The number of rotatable bonds is 4. The Balaban J connectivity index is 2.26. The Labute approximate surface area is 121 Å². The van der Waals surface area contributed by atoms with Crippen LogP contribution in [0.3, 0.4) is 0 Å². The number of nitrogens with one attached hydrogen (secondary N) is 1. The summed E-state index contributed by atoms with van der Waals surface area (Å²) in [6, 6.07) is 7.14. The average Bonchev–Trinajstić information content (AvgIpc) is 2.45. The molecule has 0 aliphatic carbocycles. The zero-order valence-corrected chi connectivity index (χ0v) is 11.8. The zero-order chi connectivity index (χ0) is 15.5. The van der Waals surface area contributed by atoms with E-state index in [0.29, 0.717) is 22.6 Å². The van der Waals surface area contributed by atoms with Crippen LogP contribution in [0.2, 0.25) is 0 Å². The summed E-state index contributed by atoms with van der Waals surface area (Å²) < 4.78 is 37.9. The molecule has 0 fully saturated rings. The smallest absolute Gasteiger partial charge is 0.369 e. The lowest BCUT2D eigenvalue weighted by Gasteiger charge is -2.11. The summed E-state index contributed by atoms with van der Waals surface area (Å²) in [4.78, 5) is 0. The highest BCUT2D eigenvalue weighted by Crippen LogP contribution is 2.32. The molecular weight excluding hydrogens is 279 g/mol. The van der Waals surface area contributed by atoms with Crippen LogP contribution in [0.1, 0.15) is 24.5 Å². The SMILES string of the molecule is CCCNc1ccc(-c2ccc(C(F)(F)F)cc2C)nn1. The van der Waals surface area contributed by atoms with E-state index in [1.807, 2.05) is 6.92 Å². The van der Waals surface area contributed by atoms with Crippen molar-refractivity contribution in [2.45, 2.75) is 26.4 Å². The Bertz CT molecular complexity index is 607. The molecule has 2 aromatic rings. The molecule has 1 heterocycles. The van der Waals surface area contributed by atoms with Gasteiger partial charge in [0.2, 0.25) is 0 Å². The Morgan fingerprint density at radius 1 is 1.10 bits per heavy atom. The molecule has 0 aliphatic heterocycles. The summed E-state index contributed by atoms with van der Waals surface area (Å²) in [5, 5.41) is 11.2. The third-order valence-corrected chi connectivity index (χ3v) is 3.05. The number of alkyl halides is 3. The lowest BCUT2D eigenvalue weighted by Crippen LogP contribution is -2.06. The predicted molar refractivity (Wildman–Crippen MR) is 76.0 cm³/mol. The monoisotopic (exact) mass is 295 g/mol. The van der Waals surface area contributed by atoms with E-state index in [2.05, 4.69) is 15.5 Å². The van der Waals surface area contributed by atoms with Crippen LogP contribution in [0.5, 0.6) is 0 Å². The standard InChI is InChI=1S/C15H16F3N3/c1-3-8-19-14-7-6-13(20-21-14)12-5-4-11(9-10(12)2)15(16,17)18/h4-7,9H,3,8H2,1-2H3,(H,19,21). The molecule has 2 rings (SSSR count). The van der Waals surface area contributed by atoms with E-state index in [-0.39, 0.29) is 0 Å². The van der Waals surface area contributed by atoms with Gasteiger partial charge in [0.05, 0.1) is 11.3 Å². The van der Waals surface area contributed by atoms with Crippen LogP contribution in [-0.2, 0) is 6.18 Å². The fourth-order valence-corrected chi connectivity index (χ4v) is 1.95. The molecule has 0 bridgehead atoms. The average molecular weight is 295 g/mol. The predicted octanol–water partition coefficient (Wildman–Crippen LogP) is 4.29. The second-order valence-corrected chi connectivity index (χ2v) is 4.76. The van der Waals surface area contributed by atoms with Gasteiger partial charge in [-0.1, -0.05) is 13.0 Å². The van der Waals surface area contributed by atoms with Gasteiger partial charge >= 0.3 is 6.18 Å². The van der Waals surface area contributed by atoms with E-state index in [1.165, 1.54) is 6.07 Å². The Morgan fingerprint density at radius 2 is 1.86 bits per heavy atom. The highest BCUT2D eigenvalue weighted by atomic mass is 19.4. The lowest BCUT2D eigenvalue weighted by molar-refractivity contribution is -0.137. The Kier molecular flexibility index (Phi) is 4.45. The van der Waals surface area contributed by atoms with Crippen LogP contribution in [0.15, 0.2) is 30.3 Å². The van der Waals surface area contributed by atoms with Gasteiger partial charge in [-0.3, -0.25) is 0 Å². The van der Waals surface area contributed by atoms with Crippen molar-refractivity contribution >= 4 is 5.82 Å². The molecule has 0 atom stereocenters. The van der Waals surface area contributed by atoms with Crippen molar-refractivity contribution in [3.8, 4) is 11.3 Å². The maximum atomic E-state index is 12.6. The van der Waals surface area contributed by atoms with E-state index < -0.39 is 11.7 Å². The quantitative estimate of drug-likeness (QED) is 0.914. The van der Waals surface area contributed by atoms with Crippen LogP contribution < -0.4 is 5.32 Å². The topological polar surface area (TPSA) is 37.8 Å². The van der Waals surface area contributed by atoms with Gasteiger partial charge in [0, 0.05) is 12.1 Å². The second-order valence-electron chi connectivity index (χ2n) is 4.76. The molecule has 0 radical (unpaired) electrons. The number of hydrogen-bond acceptors (Lipinski definition) is 3. The Morgan fingerprint density at radius 3 is 2.38 bits per heavy atom. The molecule has 6 heteroatoms. The number of benzene rings is 1. The van der Waals surface area contributed by atoms with E-state index in [1.54, 1.807) is 19.1 Å². The first-order chi connectivity index (χ1) is 9.91. The van der Waals surface area contributed by atoms with Gasteiger partial charge < -0.3 is 5.32 Å². The highest BCUT2D eigenvalue weighted by molar-refractivity contribution is 5.64. The molecule has 0 saturated carbocycles. The van der Waals surface area contributed by atoms with Crippen LogP contribution in [0.25, 0.3) is 11.3 Å². The zero-order valence-electron chi connectivity index (χ0n) is 11.8. The minimum atomic E-state index is -4.33. The maximum absolute atomic E-state index is 12.6. The molecule has 3 nitrogen and oxygen atoms in total. The van der Waals surface area contributed by atoms with Gasteiger partial charge in [-0.05, 0) is 43.2 Å². The minimum Gasteiger partial charge on any atom is -0.369 e. The van der Waals surface area contributed by atoms with E-state index in [9.17, 15) is 13.2 Å². The molecule has 0 saturated heterocycles. The number of halogens is 3. The van der Waals surface area contributed by atoms with Gasteiger partial charge in [0.25, 0.3) is 0 Å². The van der Waals surface area contributed by atoms with E-state index in [0.717, 1.165) is 25.1 Å². The number of aromatic nitrogens is 2. The van der Waals surface area contributed by atoms with Crippen molar-refractivity contribution in [3.05, 3.63) is 41.5 Å². The largest absolute Gasteiger partial charge is 0.416 e. The third-order valence-electron chi connectivity index (χ3n) is 3.05. The first kappa shape index (κ1) is 15.3. The normalized spacial score (nSPS) is 11.5. The molecule has 0 amide bonds. The van der Waals surface area contributed by atoms with Crippen LogP contribution in [0, 0.1) is 6.92 Å². The molecule has 1 N–H and O–H groups in total. The van der Waals surface area contributed by atoms with Crippen molar-refractivity contribution in [3.63, 3.8) is 0 Å². The summed E-state index contributed by atoms with van der Waals surface area (Å²) in [6.45, 7) is 4.48. The summed E-state index contributed by atoms with van der Waals surface area (Å²) in [7, 11) is 0. The molecule has 1 aromatic heterocycles. The molecule has 1 aromatic carbocycles. The number of anilines is 1. The molecule has 112 valence electrons. The first-order valence-electron chi connectivity index (χ1n) is 6.67. The van der Waals surface area contributed by atoms with Gasteiger partial charge in [-0.15, -0.1) is 10.2 Å². The van der Waals surface area contributed by atoms with Crippen LogP contribution in [-0.4, -0.2) is 16.7 Å². The summed E-state index contributed by atoms with van der Waals surface area (Å²) in [5.41, 5.74) is 1.08. The lowest BCUT2D eigenvalue weighted by atomic mass is 10.0. The van der Waals surface area contributed by atoms with Crippen molar-refractivity contribution in [1.82, 2.24) is 10.2 Å². The maximum Gasteiger partial charge on any atom is 0.416 e. The molecule has 21 heavy (non-hydrogen) atoms. The van der Waals surface area contributed by atoms with Gasteiger partial charge in [0.15, 0.2) is 0 Å². The molecule has 0 unspecified atom stereocenters. The minimum absolute atomic E-state index is 0.522. The summed E-state index contributed by atoms with van der Waals surface area (Å²) in [6.07, 6.45) is -3.36. The van der Waals surface area contributed by atoms with Crippen molar-refractivity contribution in [2.24, 2.45) is 0 Å². The van der Waals surface area contributed by atoms with E-state index in [4.69, 9.17) is 0 Å². The fourth-order valence-electron chi connectivity index (χ4n) is 1.95. The highest BCUT2D eigenvalue weighted by Gasteiger charge is 2.30. The van der Waals surface area contributed by atoms with Crippen LogP contribution in [0.4, 0.5) is 19.0 Å². The van der Waals surface area contributed by atoms with Crippen molar-refractivity contribution in [1.29, 1.82) is 0 Å². The van der Waals surface area contributed by atoms with E-state index >= 15 is 0 Å². The molecular formula is C15H16F3N3. The number of hydrogen-bond donors (Lipinski definition) is 1. The number of nitrogens with zero attached hydrogens (tertiary/aromatic N) is 2. The summed E-state index contributed by atoms with van der Waals surface area (Å²) >= 11 is 0. The van der Waals surface area contributed by atoms with Crippen molar-refractivity contribution < 1.29 is 13.2 Å². The summed E-state index contributed by atoms with van der Waals surface area (Å²) in [5.74, 6) is 0.658. The van der Waals surface area contributed by atoms with Crippen molar-refractivity contribution in [2.75, 3.05) is 11.9 Å². The Hall–Kier alpha value is -2.11.